The molecule has 61 heavy (non-hydrogen) atoms. The standard InChI is InChI=1S/C55H94O6/c1-4-7-10-13-16-19-22-24-25-26-27-28-29-31-33-36-39-42-45-48-54(57)60-51-52(50-59-53(56)47-44-41-38-35-32-21-18-15-12-9-6-3)61-55(58)49-46-43-40-37-34-30-23-20-17-14-11-8-5-2/h7,10,15-16,18-19,21,24-25,30,32,34,52H,4-6,8-9,11-14,17,20,22-23,26-29,31,33,35-51H2,1-3H3/b10-7-,18-15-,19-16-,25-24-,32-21-,34-30-. The molecule has 0 fully saturated rings. The highest BCUT2D eigenvalue weighted by Crippen LogP contribution is 2.14. The molecular formula is C55H94O6. The quantitative estimate of drug-likeness (QED) is 0.0200. The number of esters is 3. The Morgan fingerprint density at radius 2 is 0.705 bits per heavy atom. The number of rotatable bonds is 45. The highest BCUT2D eigenvalue weighted by atomic mass is 16.6. The van der Waals surface area contributed by atoms with Gasteiger partial charge in [0.2, 0.25) is 0 Å². The lowest BCUT2D eigenvalue weighted by Gasteiger charge is -2.18. The van der Waals surface area contributed by atoms with E-state index in [2.05, 4.69) is 93.7 Å². The summed E-state index contributed by atoms with van der Waals surface area (Å²) >= 11 is 0. The van der Waals surface area contributed by atoms with Crippen molar-refractivity contribution in [2.75, 3.05) is 13.2 Å². The minimum atomic E-state index is -0.794. The van der Waals surface area contributed by atoms with Gasteiger partial charge in [0.15, 0.2) is 6.10 Å². The van der Waals surface area contributed by atoms with Crippen LogP contribution in [-0.4, -0.2) is 37.2 Å². The fourth-order valence-electron chi connectivity index (χ4n) is 6.84. The van der Waals surface area contributed by atoms with E-state index in [1.165, 1.54) is 96.3 Å². The molecule has 1 atom stereocenters. The van der Waals surface area contributed by atoms with Gasteiger partial charge in [0.1, 0.15) is 13.2 Å². The van der Waals surface area contributed by atoms with Gasteiger partial charge in [-0.15, -0.1) is 0 Å². The molecule has 0 aliphatic rings. The second-order valence-electron chi connectivity index (χ2n) is 16.7. The molecule has 0 radical (unpaired) electrons. The molecule has 0 rings (SSSR count). The predicted molar refractivity (Wildman–Crippen MR) is 261 cm³/mol. The second-order valence-corrected chi connectivity index (χ2v) is 16.7. The van der Waals surface area contributed by atoms with Gasteiger partial charge in [-0.1, -0.05) is 196 Å². The first-order valence-electron chi connectivity index (χ1n) is 25.5. The summed E-state index contributed by atoms with van der Waals surface area (Å²) < 4.78 is 16.7. The Morgan fingerprint density at radius 3 is 1.18 bits per heavy atom. The lowest BCUT2D eigenvalue weighted by atomic mass is 10.1. The molecule has 0 bridgehead atoms. The highest BCUT2D eigenvalue weighted by molar-refractivity contribution is 5.71. The van der Waals surface area contributed by atoms with Gasteiger partial charge in [-0.05, 0) is 96.3 Å². The van der Waals surface area contributed by atoms with Crippen molar-refractivity contribution in [3.05, 3.63) is 72.9 Å². The van der Waals surface area contributed by atoms with Crippen LogP contribution in [0.3, 0.4) is 0 Å². The molecule has 0 heterocycles. The van der Waals surface area contributed by atoms with Gasteiger partial charge in [-0.3, -0.25) is 14.4 Å². The van der Waals surface area contributed by atoms with E-state index in [4.69, 9.17) is 14.2 Å². The lowest BCUT2D eigenvalue weighted by molar-refractivity contribution is -0.167. The van der Waals surface area contributed by atoms with E-state index < -0.39 is 6.10 Å². The summed E-state index contributed by atoms with van der Waals surface area (Å²) in [5.41, 5.74) is 0. The fraction of sp³-hybridized carbons (Fsp3) is 0.727. The molecular weight excluding hydrogens is 757 g/mol. The average molecular weight is 851 g/mol. The van der Waals surface area contributed by atoms with Gasteiger partial charge in [0.25, 0.3) is 0 Å². The monoisotopic (exact) mass is 851 g/mol. The van der Waals surface area contributed by atoms with Crippen LogP contribution in [0.2, 0.25) is 0 Å². The molecule has 0 aromatic heterocycles. The Labute approximate surface area is 376 Å². The zero-order valence-electron chi connectivity index (χ0n) is 39.9. The maximum Gasteiger partial charge on any atom is 0.306 e. The zero-order chi connectivity index (χ0) is 44.4. The van der Waals surface area contributed by atoms with E-state index in [0.717, 1.165) is 103 Å². The molecule has 350 valence electrons. The third-order valence-corrected chi connectivity index (χ3v) is 10.7. The maximum absolute atomic E-state index is 12.8. The van der Waals surface area contributed by atoms with Crippen molar-refractivity contribution in [1.82, 2.24) is 0 Å². The van der Waals surface area contributed by atoms with Gasteiger partial charge in [-0.25, -0.2) is 0 Å². The smallest absolute Gasteiger partial charge is 0.306 e. The molecule has 0 aromatic carbocycles. The van der Waals surface area contributed by atoms with Crippen LogP contribution in [-0.2, 0) is 28.6 Å². The normalized spacial score (nSPS) is 12.6. The number of hydrogen-bond donors (Lipinski definition) is 0. The van der Waals surface area contributed by atoms with Crippen LogP contribution >= 0.6 is 0 Å². The summed E-state index contributed by atoms with van der Waals surface area (Å²) in [5.74, 6) is -0.944. The molecule has 0 N–H and O–H groups in total. The molecule has 0 saturated heterocycles. The molecule has 0 aromatic rings. The molecule has 0 spiro atoms. The molecule has 0 aliphatic heterocycles. The molecule has 6 nitrogen and oxygen atoms in total. The van der Waals surface area contributed by atoms with Crippen LogP contribution in [0.4, 0.5) is 0 Å². The molecule has 1 unspecified atom stereocenters. The number of hydrogen-bond acceptors (Lipinski definition) is 6. The lowest BCUT2D eigenvalue weighted by Crippen LogP contribution is -2.30. The van der Waals surface area contributed by atoms with Gasteiger partial charge < -0.3 is 14.2 Å². The Bertz CT molecular complexity index is 1160. The minimum absolute atomic E-state index is 0.0930. The Hall–Kier alpha value is -3.15. The fourth-order valence-corrected chi connectivity index (χ4v) is 6.84. The van der Waals surface area contributed by atoms with Crippen molar-refractivity contribution >= 4 is 17.9 Å². The number of carbonyl (C=O) groups excluding carboxylic acids is 3. The Morgan fingerprint density at radius 1 is 0.361 bits per heavy atom. The third-order valence-electron chi connectivity index (χ3n) is 10.7. The first-order chi connectivity index (χ1) is 30.0. The molecule has 0 saturated carbocycles. The van der Waals surface area contributed by atoms with Crippen LogP contribution in [0.15, 0.2) is 72.9 Å². The molecule has 0 aliphatic carbocycles. The van der Waals surface area contributed by atoms with E-state index in [0.29, 0.717) is 19.3 Å². The minimum Gasteiger partial charge on any atom is -0.462 e. The topological polar surface area (TPSA) is 78.9 Å². The van der Waals surface area contributed by atoms with Gasteiger partial charge in [-0.2, -0.15) is 0 Å². The van der Waals surface area contributed by atoms with Crippen LogP contribution in [0.5, 0.6) is 0 Å². The van der Waals surface area contributed by atoms with Crippen molar-refractivity contribution in [2.45, 2.75) is 245 Å². The van der Waals surface area contributed by atoms with E-state index in [1.54, 1.807) is 0 Å². The van der Waals surface area contributed by atoms with Crippen LogP contribution in [0.1, 0.15) is 239 Å². The van der Waals surface area contributed by atoms with E-state index in [9.17, 15) is 14.4 Å². The second kappa shape index (κ2) is 49.5. The maximum atomic E-state index is 12.8. The van der Waals surface area contributed by atoms with Crippen LogP contribution in [0, 0.1) is 0 Å². The summed E-state index contributed by atoms with van der Waals surface area (Å²) in [7, 11) is 0. The molecule has 0 amide bonds. The predicted octanol–water partition coefficient (Wildman–Crippen LogP) is 16.6. The summed E-state index contributed by atoms with van der Waals surface area (Å²) in [6.07, 6.45) is 61.7. The summed E-state index contributed by atoms with van der Waals surface area (Å²) in [6.45, 7) is 6.42. The number of unbranched alkanes of at least 4 members (excludes halogenated alkanes) is 23. The van der Waals surface area contributed by atoms with Crippen molar-refractivity contribution in [2.24, 2.45) is 0 Å². The first-order valence-corrected chi connectivity index (χ1v) is 25.5. The summed E-state index contributed by atoms with van der Waals surface area (Å²) in [4.78, 5) is 37.9. The summed E-state index contributed by atoms with van der Waals surface area (Å²) in [5, 5.41) is 0. The Kier molecular flexibility index (Phi) is 46.9. The van der Waals surface area contributed by atoms with Crippen LogP contribution in [0.25, 0.3) is 0 Å². The highest BCUT2D eigenvalue weighted by Gasteiger charge is 2.19. The summed E-state index contributed by atoms with van der Waals surface area (Å²) in [6, 6.07) is 0. The van der Waals surface area contributed by atoms with Crippen molar-refractivity contribution in [3.8, 4) is 0 Å². The van der Waals surface area contributed by atoms with Crippen molar-refractivity contribution in [3.63, 3.8) is 0 Å². The third kappa shape index (κ3) is 47.7. The van der Waals surface area contributed by atoms with E-state index in [1.807, 2.05) is 0 Å². The molecule has 6 heteroatoms. The van der Waals surface area contributed by atoms with Gasteiger partial charge >= 0.3 is 17.9 Å². The van der Waals surface area contributed by atoms with Crippen LogP contribution < -0.4 is 0 Å². The number of ether oxygens (including phenoxy) is 3. The van der Waals surface area contributed by atoms with Crippen molar-refractivity contribution in [1.29, 1.82) is 0 Å². The largest absolute Gasteiger partial charge is 0.462 e. The first kappa shape index (κ1) is 57.9. The van der Waals surface area contributed by atoms with Gasteiger partial charge in [0, 0.05) is 19.3 Å². The van der Waals surface area contributed by atoms with Gasteiger partial charge in [0.05, 0.1) is 0 Å². The van der Waals surface area contributed by atoms with E-state index in [-0.39, 0.29) is 31.1 Å². The average Bonchev–Trinajstić information content (AvgIpc) is 3.26. The van der Waals surface area contributed by atoms with Crippen molar-refractivity contribution < 1.29 is 28.6 Å². The van der Waals surface area contributed by atoms with E-state index >= 15 is 0 Å². The number of carbonyl (C=O) groups is 3. The SMILES string of the molecule is CC/C=C\C/C=C\C/C=C\CCCCCCCCCCCC(=O)OCC(COC(=O)CCCCC/C=C\C=C/CCCC)OC(=O)CCCCC/C=C\CCCCCCCC. The Balaban J connectivity index is 4.38. The zero-order valence-corrected chi connectivity index (χ0v) is 39.9. The number of allylic oxidation sites excluding steroid dienone is 12.